The van der Waals surface area contributed by atoms with E-state index in [4.69, 9.17) is 0 Å². The van der Waals surface area contributed by atoms with E-state index in [1.165, 1.54) is 22.2 Å². The smallest absolute Gasteiger partial charge is 0.252 e. The second-order valence-electron chi connectivity index (χ2n) is 6.02. The van der Waals surface area contributed by atoms with Crippen LogP contribution in [0.15, 0.2) is 48.5 Å². The first-order valence-electron chi connectivity index (χ1n) is 7.86. The molecule has 0 bridgehead atoms. The molecule has 0 saturated carbocycles. The Morgan fingerprint density at radius 2 is 1.91 bits per heavy atom. The second kappa shape index (κ2) is 6.00. The number of halogens is 1. The van der Waals surface area contributed by atoms with Crippen molar-refractivity contribution in [2.45, 2.75) is 25.3 Å². The number of para-hydroxylation sites is 1. The third-order valence-corrected chi connectivity index (χ3v) is 5.49. The fraction of sp³-hybridized carbons (Fsp3) is 0.211. The SMILES string of the molecule is O=C(NC1CCc2c([nH]c3ccccc23)C1)c1ccccc1I. The molecule has 1 aliphatic rings. The summed E-state index contributed by atoms with van der Waals surface area (Å²) >= 11 is 2.21. The lowest BCUT2D eigenvalue weighted by Crippen LogP contribution is -2.39. The summed E-state index contributed by atoms with van der Waals surface area (Å²) in [6.45, 7) is 0. The third-order valence-electron chi connectivity index (χ3n) is 4.55. The van der Waals surface area contributed by atoms with E-state index >= 15 is 0 Å². The Labute approximate surface area is 148 Å². The first-order chi connectivity index (χ1) is 11.2. The lowest BCUT2D eigenvalue weighted by Gasteiger charge is -2.23. The van der Waals surface area contributed by atoms with E-state index in [1.807, 2.05) is 24.3 Å². The predicted molar refractivity (Wildman–Crippen MR) is 101 cm³/mol. The number of nitrogens with one attached hydrogen (secondary N) is 2. The fourth-order valence-electron chi connectivity index (χ4n) is 3.41. The maximum absolute atomic E-state index is 12.5. The van der Waals surface area contributed by atoms with Gasteiger partial charge in [0.05, 0.1) is 5.56 Å². The summed E-state index contributed by atoms with van der Waals surface area (Å²) in [5.41, 5.74) is 4.64. The molecule has 0 saturated heterocycles. The van der Waals surface area contributed by atoms with E-state index in [1.54, 1.807) is 0 Å². The van der Waals surface area contributed by atoms with Crippen LogP contribution < -0.4 is 5.32 Å². The third kappa shape index (κ3) is 2.76. The molecule has 1 amide bonds. The van der Waals surface area contributed by atoms with Gasteiger partial charge in [0.1, 0.15) is 0 Å². The van der Waals surface area contributed by atoms with Crippen LogP contribution in [0.5, 0.6) is 0 Å². The minimum Gasteiger partial charge on any atom is -0.358 e. The average Bonchev–Trinajstić information content (AvgIpc) is 2.92. The van der Waals surface area contributed by atoms with Gasteiger partial charge in [-0.2, -0.15) is 0 Å². The number of amides is 1. The van der Waals surface area contributed by atoms with Crippen molar-refractivity contribution in [2.75, 3.05) is 0 Å². The summed E-state index contributed by atoms with van der Waals surface area (Å²) in [7, 11) is 0. The lowest BCUT2D eigenvalue weighted by molar-refractivity contribution is 0.0932. The van der Waals surface area contributed by atoms with Crippen LogP contribution in [0.1, 0.15) is 28.0 Å². The van der Waals surface area contributed by atoms with Gasteiger partial charge in [0, 0.05) is 32.6 Å². The largest absolute Gasteiger partial charge is 0.358 e. The van der Waals surface area contributed by atoms with Gasteiger partial charge in [0.2, 0.25) is 0 Å². The van der Waals surface area contributed by atoms with Crippen molar-refractivity contribution in [3.05, 3.63) is 68.9 Å². The molecule has 1 heterocycles. The van der Waals surface area contributed by atoms with Crippen LogP contribution in [0.4, 0.5) is 0 Å². The van der Waals surface area contributed by atoms with Crippen molar-refractivity contribution in [2.24, 2.45) is 0 Å². The van der Waals surface area contributed by atoms with Gasteiger partial charge < -0.3 is 10.3 Å². The van der Waals surface area contributed by atoms with Crippen molar-refractivity contribution < 1.29 is 4.79 Å². The molecule has 2 aromatic carbocycles. The number of fused-ring (bicyclic) bond motifs is 3. The highest BCUT2D eigenvalue weighted by Gasteiger charge is 2.24. The van der Waals surface area contributed by atoms with Crippen molar-refractivity contribution in [3.63, 3.8) is 0 Å². The molecule has 3 aromatic rings. The van der Waals surface area contributed by atoms with E-state index in [9.17, 15) is 4.79 Å². The zero-order valence-electron chi connectivity index (χ0n) is 12.6. The molecule has 4 rings (SSSR count). The van der Waals surface area contributed by atoms with E-state index < -0.39 is 0 Å². The van der Waals surface area contributed by atoms with E-state index in [2.05, 4.69) is 57.2 Å². The Morgan fingerprint density at radius 1 is 1.13 bits per heavy atom. The standard InChI is InChI=1S/C19H17IN2O/c20-16-7-3-1-6-15(16)19(23)21-12-9-10-14-13-5-2-4-8-17(13)22-18(14)11-12/h1-8,12,22H,9-11H2,(H,21,23). The van der Waals surface area contributed by atoms with Gasteiger partial charge in [0.25, 0.3) is 5.91 Å². The summed E-state index contributed by atoms with van der Waals surface area (Å²) in [5, 5.41) is 4.52. The van der Waals surface area contributed by atoms with Crippen LogP contribution in [0.25, 0.3) is 10.9 Å². The second-order valence-corrected chi connectivity index (χ2v) is 7.18. The first kappa shape index (κ1) is 14.8. The number of carbonyl (C=O) groups is 1. The lowest BCUT2D eigenvalue weighted by atomic mass is 9.91. The molecule has 23 heavy (non-hydrogen) atoms. The highest BCUT2D eigenvalue weighted by atomic mass is 127. The molecule has 2 N–H and O–H groups in total. The normalized spacial score (nSPS) is 17.0. The maximum atomic E-state index is 12.5. The number of benzene rings is 2. The summed E-state index contributed by atoms with van der Waals surface area (Å²) in [6.07, 6.45) is 2.87. The van der Waals surface area contributed by atoms with Gasteiger partial charge in [-0.15, -0.1) is 0 Å². The molecule has 1 unspecified atom stereocenters. The fourth-order valence-corrected chi connectivity index (χ4v) is 4.05. The van der Waals surface area contributed by atoms with Gasteiger partial charge >= 0.3 is 0 Å². The van der Waals surface area contributed by atoms with E-state index in [-0.39, 0.29) is 11.9 Å². The van der Waals surface area contributed by atoms with Crippen molar-refractivity contribution in [3.8, 4) is 0 Å². The number of H-pyrrole nitrogens is 1. The minimum atomic E-state index is 0.0274. The monoisotopic (exact) mass is 416 g/mol. The molecular weight excluding hydrogens is 399 g/mol. The van der Waals surface area contributed by atoms with Crippen LogP contribution in [-0.2, 0) is 12.8 Å². The molecule has 0 fully saturated rings. The van der Waals surface area contributed by atoms with Crippen LogP contribution in [0.2, 0.25) is 0 Å². The van der Waals surface area contributed by atoms with Gasteiger partial charge in [0.15, 0.2) is 0 Å². The average molecular weight is 416 g/mol. The molecule has 0 spiro atoms. The summed E-state index contributed by atoms with van der Waals surface area (Å²) in [5.74, 6) is 0.0274. The number of carbonyl (C=O) groups excluding carboxylic acids is 1. The Hall–Kier alpha value is -1.82. The summed E-state index contributed by atoms with van der Waals surface area (Å²) < 4.78 is 0.990. The number of aryl methyl sites for hydroxylation is 1. The highest BCUT2D eigenvalue weighted by molar-refractivity contribution is 14.1. The van der Waals surface area contributed by atoms with E-state index in [0.29, 0.717) is 0 Å². The quantitative estimate of drug-likeness (QED) is 0.609. The molecule has 1 aromatic heterocycles. The number of hydrogen-bond acceptors (Lipinski definition) is 1. The Kier molecular flexibility index (Phi) is 3.85. The molecule has 0 aliphatic heterocycles. The van der Waals surface area contributed by atoms with Crippen molar-refractivity contribution >= 4 is 39.4 Å². The van der Waals surface area contributed by atoms with Crippen LogP contribution in [-0.4, -0.2) is 16.9 Å². The van der Waals surface area contributed by atoms with E-state index in [0.717, 1.165) is 28.4 Å². The molecule has 0 radical (unpaired) electrons. The Bertz CT molecular complexity index is 884. The summed E-state index contributed by atoms with van der Waals surface area (Å²) in [6, 6.07) is 16.3. The van der Waals surface area contributed by atoms with Crippen molar-refractivity contribution in [1.29, 1.82) is 0 Å². The topological polar surface area (TPSA) is 44.9 Å². The molecule has 1 aliphatic carbocycles. The van der Waals surface area contributed by atoms with Crippen LogP contribution in [0.3, 0.4) is 0 Å². The van der Waals surface area contributed by atoms with Gasteiger partial charge in [-0.25, -0.2) is 0 Å². The molecule has 116 valence electrons. The predicted octanol–water partition coefficient (Wildman–Crippen LogP) is 4.06. The van der Waals surface area contributed by atoms with Crippen LogP contribution in [0, 0.1) is 3.57 Å². The molecular formula is C19H17IN2O. The number of aromatic amines is 1. The molecule has 1 atom stereocenters. The first-order valence-corrected chi connectivity index (χ1v) is 8.94. The highest BCUT2D eigenvalue weighted by Crippen LogP contribution is 2.29. The van der Waals surface area contributed by atoms with Crippen LogP contribution >= 0.6 is 22.6 Å². The number of hydrogen-bond donors (Lipinski definition) is 2. The van der Waals surface area contributed by atoms with Gasteiger partial charge in [-0.05, 0) is 59.2 Å². The molecule has 4 heteroatoms. The zero-order chi connectivity index (χ0) is 15.8. The van der Waals surface area contributed by atoms with Crippen molar-refractivity contribution in [1.82, 2.24) is 10.3 Å². The van der Waals surface area contributed by atoms with Gasteiger partial charge in [-0.1, -0.05) is 30.3 Å². The van der Waals surface area contributed by atoms with Gasteiger partial charge in [-0.3, -0.25) is 4.79 Å². The Balaban J connectivity index is 1.54. The maximum Gasteiger partial charge on any atom is 0.252 e. The Morgan fingerprint density at radius 3 is 2.78 bits per heavy atom. The zero-order valence-corrected chi connectivity index (χ0v) is 14.8. The number of aromatic nitrogens is 1. The summed E-state index contributed by atoms with van der Waals surface area (Å²) in [4.78, 5) is 16.0. The number of rotatable bonds is 2. The molecule has 3 nitrogen and oxygen atoms in total. The minimum absolute atomic E-state index is 0.0274.